The summed E-state index contributed by atoms with van der Waals surface area (Å²) in [7, 11) is 0. The minimum absolute atomic E-state index is 0.200. The fourth-order valence-corrected chi connectivity index (χ4v) is 2.12. The fourth-order valence-electron chi connectivity index (χ4n) is 2.12. The smallest absolute Gasteiger partial charge is 0.308 e. The average molecular weight is 223 g/mol. The molecule has 0 amide bonds. The SMILES string of the molecule is CC1C(C(=O)O)CCN1c1ncc[nH]c1=O. The van der Waals surface area contributed by atoms with Gasteiger partial charge in [0.1, 0.15) is 0 Å². The number of aliphatic carboxylic acids is 1. The van der Waals surface area contributed by atoms with Gasteiger partial charge in [-0.2, -0.15) is 0 Å². The van der Waals surface area contributed by atoms with Crippen LogP contribution in [0.5, 0.6) is 0 Å². The molecular weight excluding hydrogens is 210 g/mol. The van der Waals surface area contributed by atoms with E-state index in [-0.39, 0.29) is 11.6 Å². The Hall–Kier alpha value is -1.85. The molecule has 0 aromatic carbocycles. The van der Waals surface area contributed by atoms with E-state index in [4.69, 9.17) is 5.11 Å². The molecular formula is C10H13N3O3. The first-order valence-electron chi connectivity index (χ1n) is 5.14. The number of nitrogens with zero attached hydrogens (tertiary/aromatic N) is 2. The maximum Gasteiger partial charge on any atom is 0.308 e. The fraction of sp³-hybridized carbons (Fsp3) is 0.500. The average Bonchev–Trinajstić information content (AvgIpc) is 2.61. The summed E-state index contributed by atoms with van der Waals surface area (Å²) >= 11 is 0. The van der Waals surface area contributed by atoms with Gasteiger partial charge in [0, 0.05) is 25.0 Å². The second kappa shape index (κ2) is 3.96. The molecule has 1 fully saturated rings. The third kappa shape index (κ3) is 1.66. The molecule has 1 saturated heterocycles. The Labute approximate surface area is 91.9 Å². The molecule has 2 atom stereocenters. The van der Waals surface area contributed by atoms with Crippen LogP contribution in [0, 0.1) is 5.92 Å². The normalized spacial score (nSPS) is 24.7. The van der Waals surface area contributed by atoms with E-state index in [1.165, 1.54) is 12.4 Å². The van der Waals surface area contributed by atoms with Gasteiger partial charge in [-0.1, -0.05) is 0 Å². The molecule has 2 rings (SSSR count). The van der Waals surface area contributed by atoms with Gasteiger partial charge in [-0.05, 0) is 13.3 Å². The van der Waals surface area contributed by atoms with E-state index in [0.717, 1.165) is 0 Å². The molecule has 2 heterocycles. The van der Waals surface area contributed by atoms with E-state index in [9.17, 15) is 9.59 Å². The van der Waals surface area contributed by atoms with E-state index < -0.39 is 11.9 Å². The second-order valence-electron chi connectivity index (χ2n) is 3.91. The van der Waals surface area contributed by atoms with Crippen molar-refractivity contribution in [3.63, 3.8) is 0 Å². The highest BCUT2D eigenvalue weighted by atomic mass is 16.4. The summed E-state index contributed by atoms with van der Waals surface area (Å²) in [6, 6.07) is -0.200. The van der Waals surface area contributed by atoms with Crippen molar-refractivity contribution in [3.8, 4) is 0 Å². The van der Waals surface area contributed by atoms with Gasteiger partial charge in [0.2, 0.25) is 0 Å². The Bertz CT molecular complexity index is 457. The zero-order valence-corrected chi connectivity index (χ0v) is 8.88. The van der Waals surface area contributed by atoms with Crippen LogP contribution in [-0.4, -0.2) is 33.6 Å². The molecule has 6 nitrogen and oxygen atoms in total. The number of aromatic nitrogens is 2. The maximum atomic E-state index is 11.5. The van der Waals surface area contributed by atoms with Crippen LogP contribution in [0.15, 0.2) is 17.2 Å². The van der Waals surface area contributed by atoms with Crippen LogP contribution in [-0.2, 0) is 4.79 Å². The Kier molecular flexibility index (Phi) is 2.64. The van der Waals surface area contributed by atoms with Gasteiger partial charge in [0.05, 0.1) is 5.92 Å². The molecule has 1 aliphatic rings. The van der Waals surface area contributed by atoms with Crippen molar-refractivity contribution in [1.29, 1.82) is 0 Å². The standard InChI is InChI=1S/C10H13N3O3/c1-6-7(10(15)16)2-5-13(6)8-9(14)12-4-3-11-8/h3-4,6-7H,2,5H2,1H3,(H,12,14)(H,15,16). The third-order valence-corrected chi connectivity index (χ3v) is 3.03. The minimum atomic E-state index is -0.817. The number of rotatable bonds is 2. The van der Waals surface area contributed by atoms with E-state index in [1.807, 2.05) is 0 Å². The van der Waals surface area contributed by atoms with Crippen molar-refractivity contribution in [2.24, 2.45) is 5.92 Å². The van der Waals surface area contributed by atoms with Gasteiger partial charge < -0.3 is 15.0 Å². The van der Waals surface area contributed by atoms with E-state index in [2.05, 4.69) is 9.97 Å². The van der Waals surface area contributed by atoms with Crippen LogP contribution < -0.4 is 10.5 Å². The summed E-state index contributed by atoms with van der Waals surface area (Å²) in [6.07, 6.45) is 3.51. The third-order valence-electron chi connectivity index (χ3n) is 3.03. The first-order valence-corrected chi connectivity index (χ1v) is 5.14. The lowest BCUT2D eigenvalue weighted by Crippen LogP contribution is -2.36. The molecule has 6 heteroatoms. The molecule has 0 radical (unpaired) electrons. The van der Waals surface area contributed by atoms with Gasteiger partial charge >= 0.3 is 5.97 Å². The molecule has 0 bridgehead atoms. The first kappa shape index (κ1) is 10.7. The number of aromatic amines is 1. The highest BCUT2D eigenvalue weighted by Gasteiger charge is 2.37. The van der Waals surface area contributed by atoms with Crippen molar-refractivity contribution in [3.05, 3.63) is 22.7 Å². The number of carboxylic acids is 1. The molecule has 2 N–H and O–H groups in total. The predicted molar refractivity (Wildman–Crippen MR) is 57.4 cm³/mol. The molecule has 1 aliphatic heterocycles. The van der Waals surface area contributed by atoms with Crippen molar-refractivity contribution >= 4 is 11.8 Å². The van der Waals surface area contributed by atoms with Crippen LogP contribution in [0.4, 0.5) is 5.82 Å². The highest BCUT2D eigenvalue weighted by Crippen LogP contribution is 2.26. The van der Waals surface area contributed by atoms with E-state index >= 15 is 0 Å². The summed E-state index contributed by atoms with van der Waals surface area (Å²) in [5.74, 6) is -0.942. The lowest BCUT2D eigenvalue weighted by atomic mass is 10.0. The van der Waals surface area contributed by atoms with E-state index in [1.54, 1.807) is 11.8 Å². The number of carboxylic acid groups (broad SMARTS) is 1. The second-order valence-corrected chi connectivity index (χ2v) is 3.91. The molecule has 0 saturated carbocycles. The Morgan fingerprint density at radius 2 is 2.44 bits per heavy atom. The zero-order chi connectivity index (χ0) is 11.7. The summed E-state index contributed by atoms with van der Waals surface area (Å²) < 4.78 is 0. The minimum Gasteiger partial charge on any atom is -0.481 e. The molecule has 0 aliphatic carbocycles. The monoisotopic (exact) mass is 223 g/mol. The van der Waals surface area contributed by atoms with Crippen molar-refractivity contribution in [2.45, 2.75) is 19.4 Å². The first-order chi connectivity index (χ1) is 7.61. The van der Waals surface area contributed by atoms with Crippen LogP contribution in [0.3, 0.4) is 0 Å². The van der Waals surface area contributed by atoms with E-state index in [0.29, 0.717) is 18.8 Å². The lowest BCUT2D eigenvalue weighted by molar-refractivity contribution is -0.141. The number of H-pyrrole nitrogens is 1. The van der Waals surface area contributed by atoms with Crippen LogP contribution in [0.1, 0.15) is 13.3 Å². The summed E-state index contributed by atoms with van der Waals surface area (Å²) in [5.41, 5.74) is -0.277. The Balaban J connectivity index is 2.28. The van der Waals surface area contributed by atoms with Crippen LogP contribution >= 0.6 is 0 Å². The van der Waals surface area contributed by atoms with Crippen molar-refractivity contribution in [2.75, 3.05) is 11.4 Å². The number of nitrogens with one attached hydrogen (secondary N) is 1. The molecule has 86 valence electrons. The zero-order valence-electron chi connectivity index (χ0n) is 8.88. The molecule has 1 aromatic rings. The summed E-state index contributed by atoms with van der Waals surface area (Å²) in [4.78, 5) is 30.7. The topological polar surface area (TPSA) is 86.3 Å². The van der Waals surface area contributed by atoms with Crippen molar-refractivity contribution < 1.29 is 9.90 Å². The maximum absolute atomic E-state index is 11.5. The van der Waals surface area contributed by atoms with Crippen molar-refractivity contribution in [1.82, 2.24) is 9.97 Å². The van der Waals surface area contributed by atoms with Crippen LogP contribution in [0.2, 0.25) is 0 Å². The molecule has 16 heavy (non-hydrogen) atoms. The molecule has 2 unspecified atom stereocenters. The van der Waals surface area contributed by atoms with Crippen LogP contribution in [0.25, 0.3) is 0 Å². The molecule has 1 aromatic heterocycles. The number of hydrogen-bond acceptors (Lipinski definition) is 4. The van der Waals surface area contributed by atoms with Gasteiger partial charge in [-0.25, -0.2) is 4.98 Å². The Morgan fingerprint density at radius 1 is 1.69 bits per heavy atom. The number of carbonyl (C=O) groups is 1. The number of anilines is 1. The number of hydrogen-bond donors (Lipinski definition) is 2. The van der Waals surface area contributed by atoms with Gasteiger partial charge in [0.15, 0.2) is 5.82 Å². The largest absolute Gasteiger partial charge is 0.481 e. The van der Waals surface area contributed by atoms with Gasteiger partial charge in [0.25, 0.3) is 5.56 Å². The summed E-state index contributed by atoms with van der Waals surface area (Å²) in [6.45, 7) is 2.36. The summed E-state index contributed by atoms with van der Waals surface area (Å²) in [5, 5.41) is 8.98. The quantitative estimate of drug-likeness (QED) is 0.741. The van der Waals surface area contributed by atoms with Gasteiger partial charge in [-0.15, -0.1) is 0 Å². The molecule has 0 spiro atoms. The Morgan fingerprint density at radius 3 is 3.00 bits per heavy atom. The highest BCUT2D eigenvalue weighted by molar-refractivity contribution is 5.72. The lowest BCUT2D eigenvalue weighted by Gasteiger charge is -2.22. The van der Waals surface area contributed by atoms with Gasteiger partial charge in [-0.3, -0.25) is 9.59 Å². The predicted octanol–water partition coefficient (Wildman–Crippen LogP) is 0.0693.